The van der Waals surface area contributed by atoms with E-state index in [1.54, 1.807) is 18.2 Å². The number of benzene rings is 2. The van der Waals surface area contributed by atoms with Crippen molar-refractivity contribution in [2.24, 2.45) is 0 Å². The van der Waals surface area contributed by atoms with Gasteiger partial charge < -0.3 is 10.2 Å². The molecule has 0 atom stereocenters. The standard InChI is InChI=1S/C19H17ClF3N3OS/c20-14-6-2-1-5-13(14)17(27)25-18(28)24-15-11-12(19(21,22)23)7-8-16(15)26-9-3-4-10-26/h1-2,5-8,11H,3-4,9-10H2,(H2,24,25,27,28). The predicted molar refractivity (Wildman–Crippen MR) is 108 cm³/mol. The van der Waals surface area contributed by atoms with E-state index in [1.165, 1.54) is 12.1 Å². The molecule has 3 rings (SSSR count). The van der Waals surface area contributed by atoms with Crippen molar-refractivity contribution in [3.8, 4) is 0 Å². The molecule has 1 amide bonds. The van der Waals surface area contributed by atoms with Gasteiger partial charge in [-0.1, -0.05) is 23.7 Å². The number of anilines is 2. The Morgan fingerprint density at radius 1 is 1.11 bits per heavy atom. The number of thiocarbonyl (C=S) groups is 1. The Balaban J connectivity index is 1.82. The van der Waals surface area contributed by atoms with Crippen LogP contribution in [0.3, 0.4) is 0 Å². The zero-order valence-electron chi connectivity index (χ0n) is 14.6. The van der Waals surface area contributed by atoms with E-state index in [0.29, 0.717) is 5.69 Å². The van der Waals surface area contributed by atoms with Gasteiger partial charge in [-0.25, -0.2) is 0 Å². The van der Waals surface area contributed by atoms with Crippen LogP contribution in [0, 0.1) is 0 Å². The highest BCUT2D eigenvalue weighted by atomic mass is 35.5. The quantitative estimate of drug-likeness (QED) is 0.670. The van der Waals surface area contributed by atoms with Gasteiger partial charge in [-0.2, -0.15) is 13.2 Å². The van der Waals surface area contributed by atoms with E-state index < -0.39 is 17.6 Å². The van der Waals surface area contributed by atoms with Crippen molar-refractivity contribution >= 4 is 46.2 Å². The number of halogens is 4. The lowest BCUT2D eigenvalue weighted by molar-refractivity contribution is -0.137. The summed E-state index contributed by atoms with van der Waals surface area (Å²) in [7, 11) is 0. The third kappa shape index (κ3) is 4.74. The Morgan fingerprint density at radius 2 is 1.79 bits per heavy atom. The van der Waals surface area contributed by atoms with Gasteiger partial charge >= 0.3 is 6.18 Å². The summed E-state index contributed by atoms with van der Waals surface area (Å²) in [5, 5.41) is 5.34. The Hall–Kier alpha value is -2.32. The molecule has 0 aromatic heterocycles. The van der Waals surface area contributed by atoms with Crippen LogP contribution in [0.15, 0.2) is 42.5 Å². The number of amides is 1. The lowest BCUT2D eigenvalue weighted by Gasteiger charge is -2.23. The van der Waals surface area contributed by atoms with E-state index in [9.17, 15) is 18.0 Å². The Kier molecular flexibility index (Phi) is 6.10. The number of carbonyl (C=O) groups excluding carboxylic acids is 1. The summed E-state index contributed by atoms with van der Waals surface area (Å²) in [6.07, 6.45) is -2.55. The van der Waals surface area contributed by atoms with Crippen molar-refractivity contribution < 1.29 is 18.0 Å². The van der Waals surface area contributed by atoms with Gasteiger partial charge in [0.05, 0.1) is 27.5 Å². The number of hydrogen-bond donors (Lipinski definition) is 2. The molecule has 1 fully saturated rings. The predicted octanol–water partition coefficient (Wildman–Crippen LogP) is 5.09. The third-order valence-corrected chi connectivity index (χ3v) is 4.90. The first-order valence-corrected chi connectivity index (χ1v) is 9.37. The topological polar surface area (TPSA) is 44.4 Å². The van der Waals surface area contributed by atoms with E-state index >= 15 is 0 Å². The fraction of sp³-hybridized carbons (Fsp3) is 0.263. The second kappa shape index (κ2) is 8.36. The zero-order valence-corrected chi connectivity index (χ0v) is 16.2. The van der Waals surface area contributed by atoms with Crippen LogP contribution in [-0.4, -0.2) is 24.1 Å². The van der Waals surface area contributed by atoms with Gasteiger partial charge in [0, 0.05) is 13.1 Å². The summed E-state index contributed by atoms with van der Waals surface area (Å²) in [6.45, 7) is 1.50. The van der Waals surface area contributed by atoms with E-state index in [2.05, 4.69) is 10.6 Å². The Labute approximate surface area is 170 Å². The van der Waals surface area contributed by atoms with Crippen molar-refractivity contribution in [3.05, 3.63) is 58.6 Å². The molecule has 1 heterocycles. The molecule has 0 unspecified atom stereocenters. The normalized spacial score (nSPS) is 14.1. The molecular weight excluding hydrogens is 411 g/mol. The number of nitrogens with one attached hydrogen (secondary N) is 2. The van der Waals surface area contributed by atoms with Crippen LogP contribution < -0.4 is 15.5 Å². The second-order valence-corrected chi connectivity index (χ2v) is 7.13. The molecule has 1 aliphatic rings. The van der Waals surface area contributed by atoms with Gasteiger partial charge in [0.2, 0.25) is 0 Å². The second-order valence-electron chi connectivity index (χ2n) is 6.31. The summed E-state index contributed by atoms with van der Waals surface area (Å²) in [4.78, 5) is 14.3. The van der Waals surface area contributed by atoms with Crippen molar-refractivity contribution in [1.82, 2.24) is 5.32 Å². The molecular formula is C19H17ClF3N3OS. The molecule has 28 heavy (non-hydrogen) atoms. The molecule has 0 spiro atoms. The molecule has 4 nitrogen and oxygen atoms in total. The number of alkyl halides is 3. The fourth-order valence-corrected chi connectivity index (χ4v) is 3.44. The van der Waals surface area contributed by atoms with E-state index in [-0.39, 0.29) is 21.4 Å². The Bertz CT molecular complexity index is 898. The number of carbonyl (C=O) groups is 1. The number of nitrogens with zero attached hydrogens (tertiary/aromatic N) is 1. The minimum absolute atomic E-state index is 0.107. The van der Waals surface area contributed by atoms with Gasteiger partial charge in [0.25, 0.3) is 5.91 Å². The highest BCUT2D eigenvalue weighted by molar-refractivity contribution is 7.80. The molecule has 0 aliphatic carbocycles. The first-order chi connectivity index (χ1) is 13.3. The van der Waals surface area contributed by atoms with Gasteiger partial charge in [0.15, 0.2) is 5.11 Å². The monoisotopic (exact) mass is 427 g/mol. The maximum Gasteiger partial charge on any atom is 0.416 e. The van der Waals surface area contributed by atoms with Crippen LogP contribution in [0.5, 0.6) is 0 Å². The van der Waals surface area contributed by atoms with Crippen LogP contribution in [-0.2, 0) is 6.18 Å². The van der Waals surface area contributed by atoms with Gasteiger partial charge in [-0.15, -0.1) is 0 Å². The summed E-state index contributed by atoms with van der Waals surface area (Å²) in [5.74, 6) is -0.544. The van der Waals surface area contributed by atoms with Crippen LogP contribution in [0.4, 0.5) is 24.5 Å². The molecule has 9 heteroatoms. The van der Waals surface area contributed by atoms with Gasteiger partial charge in [-0.3, -0.25) is 10.1 Å². The van der Waals surface area contributed by atoms with Crippen LogP contribution in [0.2, 0.25) is 5.02 Å². The number of hydrogen-bond acceptors (Lipinski definition) is 3. The molecule has 0 saturated carbocycles. The average Bonchev–Trinajstić information content (AvgIpc) is 3.15. The van der Waals surface area contributed by atoms with Crippen LogP contribution >= 0.6 is 23.8 Å². The highest BCUT2D eigenvalue weighted by Gasteiger charge is 2.32. The highest BCUT2D eigenvalue weighted by Crippen LogP contribution is 2.36. The fourth-order valence-electron chi connectivity index (χ4n) is 3.02. The smallest absolute Gasteiger partial charge is 0.370 e. The first-order valence-electron chi connectivity index (χ1n) is 8.59. The summed E-state index contributed by atoms with van der Waals surface area (Å²) in [5.41, 5.74) is 0.233. The first kappa shape index (κ1) is 20.4. The molecule has 148 valence electrons. The summed E-state index contributed by atoms with van der Waals surface area (Å²) >= 11 is 11.1. The molecule has 1 saturated heterocycles. The summed E-state index contributed by atoms with van der Waals surface area (Å²) < 4.78 is 39.4. The molecule has 2 N–H and O–H groups in total. The average molecular weight is 428 g/mol. The van der Waals surface area contributed by atoms with Crippen molar-refractivity contribution in [2.75, 3.05) is 23.3 Å². The van der Waals surface area contributed by atoms with Crippen LogP contribution in [0.25, 0.3) is 0 Å². The lowest BCUT2D eigenvalue weighted by Crippen LogP contribution is -2.35. The zero-order chi connectivity index (χ0) is 20.3. The van der Waals surface area contributed by atoms with Gasteiger partial charge in [0.1, 0.15) is 0 Å². The molecule has 0 radical (unpaired) electrons. The minimum atomic E-state index is -4.48. The maximum atomic E-state index is 13.1. The summed E-state index contributed by atoms with van der Waals surface area (Å²) in [6, 6.07) is 9.89. The minimum Gasteiger partial charge on any atom is -0.370 e. The Morgan fingerprint density at radius 3 is 2.43 bits per heavy atom. The molecule has 2 aromatic carbocycles. The lowest BCUT2D eigenvalue weighted by atomic mass is 10.1. The third-order valence-electron chi connectivity index (χ3n) is 4.36. The largest absolute Gasteiger partial charge is 0.416 e. The van der Waals surface area contributed by atoms with E-state index in [1.807, 2.05) is 4.90 Å². The molecule has 1 aliphatic heterocycles. The van der Waals surface area contributed by atoms with Gasteiger partial charge in [-0.05, 0) is 55.4 Å². The SMILES string of the molecule is O=C(NC(=S)Nc1cc(C(F)(F)F)ccc1N1CCCC1)c1ccccc1Cl. The number of rotatable bonds is 3. The van der Waals surface area contributed by atoms with E-state index in [4.69, 9.17) is 23.8 Å². The molecule has 2 aromatic rings. The van der Waals surface area contributed by atoms with Crippen molar-refractivity contribution in [2.45, 2.75) is 19.0 Å². The van der Waals surface area contributed by atoms with Crippen molar-refractivity contribution in [3.63, 3.8) is 0 Å². The van der Waals surface area contributed by atoms with Crippen molar-refractivity contribution in [1.29, 1.82) is 0 Å². The molecule has 0 bridgehead atoms. The van der Waals surface area contributed by atoms with Crippen LogP contribution in [0.1, 0.15) is 28.8 Å². The maximum absolute atomic E-state index is 13.1. The van der Waals surface area contributed by atoms with E-state index in [0.717, 1.165) is 38.1 Å².